The first-order valence-electron chi connectivity index (χ1n) is 23.6. The molecule has 1 saturated heterocycles. The summed E-state index contributed by atoms with van der Waals surface area (Å²) in [6.07, 6.45) is 4.47. The van der Waals surface area contributed by atoms with Gasteiger partial charge in [-0.15, -0.1) is 11.8 Å². The van der Waals surface area contributed by atoms with E-state index in [0.717, 1.165) is 34.4 Å². The smallest absolute Gasteiger partial charge is 0.313 e. The summed E-state index contributed by atoms with van der Waals surface area (Å²) < 4.78 is 102. The lowest BCUT2D eigenvalue weighted by molar-refractivity contribution is -0.136. The molecule has 2 aromatic carbocycles. The Kier molecular flexibility index (Phi) is 30.1. The van der Waals surface area contributed by atoms with Crippen LogP contribution in [0.1, 0.15) is 31.1 Å². The third kappa shape index (κ3) is 24.3. The fraction of sp³-hybridized carbons (Fsp3) is 0.565. The molecule has 73 heavy (non-hydrogen) atoms. The summed E-state index contributed by atoms with van der Waals surface area (Å²) in [5.41, 5.74) is 8.20. The number of nitrogens with one attached hydrogen (secondary N) is 2. The number of anilines is 1. The van der Waals surface area contributed by atoms with Crippen molar-refractivity contribution in [2.75, 3.05) is 136 Å². The molecule has 4 aromatic rings. The first kappa shape index (κ1) is 60.3. The fourth-order valence-electron chi connectivity index (χ4n) is 6.51. The second-order valence-corrected chi connectivity index (χ2v) is 19.3. The van der Waals surface area contributed by atoms with Crippen LogP contribution in [0, 0.1) is 17.5 Å². The number of nitrogens with two attached hydrogens (primary N) is 1. The van der Waals surface area contributed by atoms with Crippen molar-refractivity contribution in [1.29, 1.82) is 0 Å². The summed E-state index contributed by atoms with van der Waals surface area (Å²) in [7, 11) is 0.164. The summed E-state index contributed by atoms with van der Waals surface area (Å²) in [5.74, 6) is -3.53. The van der Waals surface area contributed by atoms with Crippen molar-refractivity contribution < 1.29 is 74.8 Å². The standard InChI is InChI=1S/C46H65ClF3N7O13P2S/c47-46-55-44(38-29-54-57(45(38)56-46)41-6-3-36(69-41)31-68-72-32-71-59)53-27-33-1-4-37(5-2-33)73-24-23-66-20-19-64-17-18-65-21-22-67-30-35(51)28-52-8-10-61-12-14-63-16-15-62-13-11-60-9-7-42(58)70-43-39(49)25-34(48)26-40(43)50/h1-2,4-5,25-26,28-29,36,41,52,59,71-72H,3,6-24,27,30-32,51H2,(H,53,55,56)/b35-28-. The molecule has 5 rings (SSSR count). The largest absolute Gasteiger partial charge is 0.420 e. The number of fused-ring (bicyclic) bond motifs is 1. The topological polar surface area (TPSA) is 233 Å². The van der Waals surface area contributed by atoms with Gasteiger partial charge in [-0.1, -0.05) is 12.1 Å². The first-order valence-corrected chi connectivity index (χ1v) is 27.2. The summed E-state index contributed by atoms with van der Waals surface area (Å²) in [5, 5.41) is 11.9. The van der Waals surface area contributed by atoms with Gasteiger partial charge in [0.15, 0.2) is 23.5 Å². The molecule has 0 bridgehead atoms. The molecule has 0 radical (unpaired) electrons. The Morgan fingerprint density at radius 3 is 2.12 bits per heavy atom. The number of hydrogen-bond donors (Lipinski definition) is 4. The Hall–Kier alpha value is -3.55. The van der Waals surface area contributed by atoms with Crippen LogP contribution in [-0.4, -0.2) is 167 Å². The maximum absolute atomic E-state index is 13.6. The maximum Gasteiger partial charge on any atom is 0.313 e. The van der Waals surface area contributed by atoms with Crippen LogP contribution in [0.3, 0.4) is 0 Å². The molecule has 2 aromatic heterocycles. The molecule has 4 atom stereocenters. The van der Waals surface area contributed by atoms with E-state index in [1.807, 2.05) is 0 Å². The SMILES string of the molecule is N/C(=C\NCCOCCOCCOCCOCCC(=O)Oc1c(F)cc(F)cc1F)COCCOCCOCCOCCSc1ccc(CNc2nc(Cl)nc3c2cnn3C2CCC(COPCPO)O2)cc1. The number of ether oxygens (including phenoxy) is 10. The Balaban J connectivity index is 0.751. The van der Waals surface area contributed by atoms with Crippen LogP contribution >= 0.6 is 41.0 Å². The summed E-state index contributed by atoms with van der Waals surface area (Å²) in [6.45, 7) is 7.43. The van der Waals surface area contributed by atoms with Crippen LogP contribution in [0.5, 0.6) is 5.75 Å². The van der Waals surface area contributed by atoms with Crippen molar-refractivity contribution >= 4 is 63.8 Å². The lowest BCUT2D eigenvalue weighted by atomic mass is 10.2. The summed E-state index contributed by atoms with van der Waals surface area (Å²) in [4.78, 5) is 30.8. The zero-order valence-corrected chi connectivity index (χ0v) is 43.9. The third-order valence-electron chi connectivity index (χ3n) is 10.00. The maximum atomic E-state index is 13.6. The molecule has 3 heterocycles. The summed E-state index contributed by atoms with van der Waals surface area (Å²) in [6, 6.07) is 9.17. The van der Waals surface area contributed by atoms with Crippen LogP contribution < -0.4 is 21.1 Å². The number of thioether (sulfide) groups is 1. The first-order chi connectivity index (χ1) is 35.7. The number of benzene rings is 2. The monoisotopic (exact) mass is 1110 g/mol. The van der Waals surface area contributed by atoms with Gasteiger partial charge in [0.2, 0.25) is 11.0 Å². The number of rotatable bonds is 41. The van der Waals surface area contributed by atoms with Gasteiger partial charge in [0, 0.05) is 65.6 Å². The minimum Gasteiger partial charge on any atom is -0.420 e. The molecule has 20 nitrogen and oxygen atoms in total. The van der Waals surface area contributed by atoms with Crippen molar-refractivity contribution in [3.8, 4) is 5.75 Å². The highest BCUT2D eigenvalue weighted by molar-refractivity contribution is 7.99. The Morgan fingerprint density at radius 1 is 0.849 bits per heavy atom. The van der Waals surface area contributed by atoms with Crippen LogP contribution in [-0.2, 0) is 58.5 Å². The zero-order valence-electron chi connectivity index (χ0n) is 40.4. The van der Waals surface area contributed by atoms with Crippen molar-refractivity contribution in [2.45, 2.75) is 43.0 Å². The fourth-order valence-corrected chi connectivity index (χ4v) is 8.41. The van der Waals surface area contributed by atoms with Crippen LogP contribution in [0.4, 0.5) is 19.0 Å². The van der Waals surface area contributed by atoms with E-state index in [1.165, 1.54) is 0 Å². The number of halogens is 4. The molecule has 1 fully saturated rings. The zero-order chi connectivity index (χ0) is 51.7. The average Bonchev–Trinajstić information content (AvgIpc) is 4.03. The van der Waals surface area contributed by atoms with Gasteiger partial charge in [0.05, 0.1) is 142 Å². The average molecular weight is 1110 g/mol. The highest BCUT2D eigenvalue weighted by atomic mass is 35.5. The van der Waals surface area contributed by atoms with Crippen molar-refractivity contribution in [1.82, 2.24) is 25.1 Å². The Bertz CT molecular complexity index is 2200. The lowest BCUT2D eigenvalue weighted by Gasteiger charge is -2.15. The Morgan fingerprint density at radius 2 is 1.47 bits per heavy atom. The molecule has 27 heteroatoms. The van der Waals surface area contributed by atoms with Crippen LogP contribution in [0.2, 0.25) is 5.28 Å². The van der Waals surface area contributed by atoms with Gasteiger partial charge >= 0.3 is 5.97 Å². The molecule has 0 aliphatic carbocycles. The van der Waals surface area contributed by atoms with Gasteiger partial charge in [-0.2, -0.15) is 15.1 Å². The van der Waals surface area contributed by atoms with Gasteiger partial charge < -0.3 is 73.2 Å². The number of carbonyl (C=O) groups is 1. The molecule has 406 valence electrons. The van der Waals surface area contributed by atoms with Gasteiger partial charge in [-0.3, -0.25) is 4.79 Å². The Labute approximate surface area is 435 Å². The van der Waals surface area contributed by atoms with E-state index < -0.39 is 29.2 Å². The highest BCUT2D eigenvalue weighted by Gasteiger charge is 2.29. The molecule has 1 aliphatic heterocycles. The number of hydrogen-bond acceptors (Lipinski definition) is 20. The van der Waals surface area contributed by atoms with Crippen LogP contribution in [0.25, 0.3) is 11.0 Å². The normalized spacial score (nSPS) is 15.2. The molecule has 0 amide bonds. The number of esters is 1. The van der Waals surface area contributed by atoms with E-state index >= 15 is 0 Å². The lowest BCUT2D eigenvalue weighted by Crippen LogP contribution is -2.19. The van der Waals surface area contributed by atoms with E-state index in [4.69, 9.17) is 69.4 Å². The number of aromatic nitrogens is 4. The quantitative estimate of drug-likeness (QED) is 0.0100. The van der Waals surface area contributed by atoms with Crippen LogP contribution in [0.15, 0.2) is 59.4 Å². The van der Waals surface area contributed by atoms with Gasteiger partial charge in [0.1, 0.15) is 11.6 Å². The minimum absolute atomic E-state index is 0.0355. The molecule has 0 spiro atoms. The van der Waals surface area contributed by atoms with E-state index in [-0.39, 0.29) is 68.1 Å². The van der Waals surface area contributed by atoms with Gasteiger partial charge in [-0.25, -0.2) is 17.9 Å². The van der Waals surface area contributed by atoms with E-state index in [9.17, 15) is 18.0 Å². The number of carbonyl (C=O) groups excluding carboxylic acids is 1. The highest BCUT2D eigenvalue weighted by Crippen LogP contribution is 2.34. The predicted molar refractivity (Wildman–Crippen MR) is 271 cm³/mol. The molecule has 5 N–H and O–H groups in total. The second-order valence-electron chi connectivity index (χ2n) is 15.5. The molecule has 0 saturated carbocycles. The van der Waals surface area contributed by atoms with Crippen molar-refractivity contribution in [3.63, 3.8) is 0 Å². The number of nitrogens with zero attached hydrogens (tertiary/aromatic N) is 4. The van der Waals surface area contributed by atoms with E-state index in [2.05, 4.69) is 54.7 Å². The van der Waals surface area contributed by atoms with Crippen molar-refractivity contribution in [2.24, 2.45) is 5.73 Å². The predicted octanol–water partition coefficient (Wildman–Crippen LogP) is 5.95. The van der Waals surface area contributed by atoms with Crippen molar-refractivity contribution in [3.05, 3.63) is 82.8 Å². The van der Waals surface area contributed by atoms with E-state index in [1.54, 1.807) is 28.8 Å². The molecular formula is C46H65ClF3N7O13P2S. The molecule has 4 unspecified atom stereocenters. The van der Waals surface area contributed by atoms with E-state index in [0.29, 0.717) is 134 Å². The van der Waals surface area contributed by atoms with Gasteiger partial charge in [0.25, 0.3) is 0 Å². The molecule has 1 aliphatic rings. The minimum atomic E-state index is -1.31. The molecular weight excluding hydrogens is 1050 g/mol. The third-order valence-corrected chi connectivity index (χ3v) is 12.7. The summed E-state index contributed by atoms with van der Waals surface area (Å²) >= 11 is 8.06. The second kappa shape index (κ2) is 36.4. The van der Waals surface area contributed by atoms with Gasteiger partial charge in [-0.05, 0) is 42.1 Å².